The molecular formula is C15H31N3O2. The minimum absolute atomic E-state index is 0.0398. The monoisotopic (exact) mass is 285 g/mol. The zero-order valence-corrected chi connectivity index (χ0v) is 13.4. The molecule has 1 aliphatic heterocycles. The largest absolute Gasteiger partial charge is 0.379 e. The molecule has 0 aromatic carbocycles. The van der Waals surface area contributed by atoms with Crippen LogP contribution in [0.2, 0.25) is 0 Å². The van der Waals surface area contributed by atoms with E-state index >= 15 is 0 Å². The molecule has 1 aliphatic rings. The maximum Gasteiger partial charge on any atom is 0.237 e. The van der Waals surface area contributed by atoms with Gasteiger partial charge in [0.1, 0.15) is 0 Å². The van der Waals surface area contributed by atoms with Crippen LogP contribution in [0.1, 0.15) is 34.1 Å². The van der Waals surface area contributed by atoms with Crippen LogP contribution < -0.4 is 11.1 Å². The fourth-order valence-electron chi connectivity index (χ4n) is 2.49. The molecule has 1 saturated heterocycles. The predicted octanol–water partition coefficient (Wildman–Crippen LogP) is 0.833. The number of carbonyl (C=O) groups is 1. The quantitative estimate of drug-likeness (QED) is 0.727. The highest BCUT2D eigenvalue weighted by Gasteiger charge is 2.24. The molecule has 3 N–H and O–H groups in total. The number of nitrogens with zero attached hydrogens (tertiary/aromatic N) is 1. The van der Waals surface area contributed by atoms with Crippen LogP contribution >= 0.6 is 0 Å². The van der Waals surface area contributed by atoms with Crippen molar-refractivity contribution in [3.8, 4) is 0 Å². The summed E-state index contributed by atoms with van der Waals surface area (Å²) in [5.74, 6) is 0.738. The van der Waals surface area contributed by atoms with Gasteiger partial charge in [0, 0.05) is 25.7 Å². The number of hydrogen-bond donors (Lipinski definition) is 2. The van der Waals surface area contributed by atoms with E-state index in [1.165, 1.54) is 0 Å². The summed E-state index contributed by atoms with van der Waals surface area (Å²) in [7, 11) is 0. The lowest BCUT2D eigenvalue weighted by Crippen LogP contribution is -2.52. The van der Waals surface area contributed by atoms with Crippen molar-refractivity contribution in [3.05, 3.63) is 0 Å². The van der Waals surface area contributed by atoms with Crippen molar-refractivity contribution >= 4 is 5.91 Å². The Balaban J connectivity index is 2.49. The van der Waals surface area contributed by atoms with Crippen LogP contribution in [0.4, 0.5) is 0 Å². The minimum atomic E-state index is -0.417. The van der Waals surface area contributed by atoms with Crippen molar-refractivity contribution < 1.29 is 9.53 Å². The molecule has 0 aromatic rings. The molecule has 1 amide bonds. The Labute approximate surface area is 123 Å². The number of nitrogens with two attached hydrogens (primary N) is 1. The highest BCUT2D eigenvalue weighted by atomic mass is 16.5. The molecule has 1 heterocycles. The molecular weight excluding hydrogens is 254 g/mol. The summed E-state index contributed by atoms with van der Waals surface area (Å²) in [6.07, 6.45) is 1.08. The van der Waals surface area contributed by atoms with E-state index in [0.717, 1.165) is 32.7 Å². The zero-order valence-electron chi connectivity index (χ0n) is 13.4. The first-order chi connectivity index (χ1) is 9.41. The second-order valence-electron chi connectivity index (χ2n) is 6.45. The van der Waals surface area contributed by atoms with Gasteiger partial charge in [-0.1, -0.05) is 27.7 Å². The number of nitrogens with one attached hydrogen (secondary N) is 1. The van der Waals surface area contributed by atoms with Gasteiger partial charge < -0.3 is 15.8 Å². The smallest absolute Gasteiger partial charge is 0.237 e. The summed E-state index contributed by atoms with van der Waals surface area (Å²) in [4.78, 5) is 14.4. The highest BCUT2D eigenvalue weighted by Crippen LogP contribution is 2.13. The molecule has 1 fully saturated rings. The van der Waals surface area contributed by atoms with Gasteiger partial charge in [-0.25, -0.2) is 0 Å². The summed E-state index contributed by atoms with van der Waals surface area (Å²) in [5.41, 5.74) is 5.88. The van der Waals surface area contributed by atoms with E-state index in [9.17, 15) is 4.79 Å². The second kappa shape index (κ2) is 8.60. The Morgan fingerprint density at radius 2 is 1.85 bits per heavy atom. The minimum Gasteiger partial charge on any atom is -0.379 e. The Bertz CT molecular complexity index is 289. The van der Waals surface area contributed by atoms with E-state index in [4.69, 9.17) is 10.5 Å². The summed E-state index contributed by atoms with van der Waals surface area (Å²) < 4.78 is 5.40. The van der Waals surface area contributed by atoms with Gasteiger partial charge in [0.05, 0.1) is 19.3 Å². The van der Waals surface area contributed by atoms with Crippen LogP contribution in [0.3, 0.4) is 0 Å². The molecule has 2 atom stereocenters. The van der Waals surface area contributed by atoms with E-state index in [1.807, 2.05) is 13.8 Å². The first kappa shape index (κ1) is 17.4. The molecule has 5 nitrogen and oxygen atoms in total. The summed E-state index contributed by atoms with van der Waals surface area (Å²) in [5, 5.41) is 3.02. The first-order valence-corrected chi connectivity index (χ1v) is 7.77. The third kappa shape index (κ3) is 5.77. The van der Waals surface area contributed by atoms with Crippen molar-refractivity contribution in [1.82, 2.24) is 10.2 Å². The molecule has 0 spiro atoms. The third-order valence-corrected chi connectivity index (χ3v) is 3.84. The normalized spacial score (nSPS) is 20.1. The molecule has 5 heteroatoms. The van der Waals surface area contributed by atoms with Crippen molar-refractivity contribution in [2.75, 3.05) is 32.8 Å². The molecule has 0 saturated carbocycles. The Morgan fingerprint density at radius 1 is 1.25 bits per heavy atom. The van der Waals surface area contributed by atoms with Gasteiger partial charge in [-0.3, -0.25) is 9.69 Å². The van der Waals surface area contributed by atoms with Gasteiger partial charge >= 0.3 is 0 Å². The van der Waals surface area contributed by atoms with Crippen molar-refractivity contribution in [3.63, 3.8) is 0 Å². The van der Waals surface area contributed by atoms with Gasteiger partial charge in [0.25, 0.3) is 0 Å². The fraction of sp³-hybridized carbons (Fsp3) is 0.933. The number of amides is 1. The van der Waals surface area contributed by atoms with E-state index in [-0.39, 0.29) is 11.8 Å². The van der Waals surface area contributed by atoms with E-state index < -0.39 is 6.04 Å². The Morgan fingerprint density at radius 3 is 2.35 bits per heavy atom. The van der Waals surface area contributed by atoms with E-state index in [1.54, 1.807) is 0 Å². The van der Waals surface area contributed by atoms with Crippen LogP contribution in [0.5, 0.6) is 0 Å². The second-order valence-corrected chi connectivity index (χ2v) is 6.45. The van der Waals surface area contributed by atoms with Crippen LogP contribution in [0.15, 0.2) is 0 Å². The zero-order chi connectivity index (χ0) is 15.1. The Kier molecular flexibility index (Phi) is 7.48. The average Bonchev–Trinajstić information content (AvgIpc) is 2.42. The Hall–Kier alpha value is -0.650. The van der Waals surface area contributed by atoms with Gasteiger partial charge in [-0.2, -0.15) is 0 Å². The number of rotatable bonds is 7. The fourth-order valence-corrected chi connectivity index (χ4v) is 2.49. The standard InChI is InChI=1S/C15H31N3O2/c1-11(2)9-13(18-5-7-20-8-6-18)10-17-15(19)14(16)12(3)4/h11-14H,5-10,16H2,1-4H3,(H,17,19)/t13?,14-/m0/s1. The van der Waals surface area contributed by atoms with E-state index in [2.05, 4.69) is 24.1 Å². The summed E-state index contributed by atoms with van der Waals surface area (Å²) >= 11 is 0. The topological polar surface area (TPSA) is 67.6 Å². The molecule has 0 bridgehead atoms. The van der Waals surface area contributed by atoms with Crippen LogP contribution in [0, 0.1) is 11.8 Å². The van der Waals surface area contributed by atoms with Crippen molar-refractivity contribution in [2.24, 2.45) is 17.6 Å². The number of ether oxygens (including phenoxy) is 1. The lowest BCUT2D eigenvalue weighted by molar-refractivity contribution is -0.123. The average molecular weight is 285 g/mol. The number of morpholine rings is 1. The van der Waals surface area contributed by atoms with Gasteiger partial charge in [-0.15, -0.1) is 0 Å². The van der Waals surface area contributed by atoms with E-state index in [0.29, 0.717) is 18.5 Å². The molecule has 0 radical (unpaired) electrons. The van der Waals surface area contributed by atoms with Gasteiger partial charge in [0.15, 0.2) is 0 Å². The molecule has 1 unspecified atom stereocenters. The SMILES string of the molecule is CC(C)CC(CNC(=O)[C@@H](N)C(C)C)N1CCOCC1. The first-order valence-electron chi connectivity index (χ1n) is 7.77. The van der Waals surface area contributed by atoms with Crippen LogP contribution in [-0.2, 0) is 9.53 Å². The molecule has 1 rings (SSSR count). The van der Waals surface area contributed by atoms with Crippen LogP contribution in [0.25, 0.3) is 0 Å². The maximum absolute atomic E-state index is 12.0. The lowest BCUT2D eigenvalue weighted by atomic mass is 10.0. The molecule has 118 valence electrons. The summed E-state index contributed by atoms with van der Waals surface area (Å²) in [6.45, 7) is 12.5. The van der Waals surface area contributed by atoms with Gasteiger partial charge in [-0.05, 0) is 18.3 Å². The highest BCUT2D eigenvalue weighted by molar-refractivity contribution is 5.81. The third-order valence-electron chi connectivity index (χ3n) is 3.84. The number of hydrogen-bond acceptors (Lipinski definition) is 4. The van der Waals surface area contributed by atoms with Crippen LogP contribution in [-0.4, -0.2) is 55.7 Å². The molecule has 0 aromatic heterocycles. The predicted molar refractivity (Wildman–Crippen MR) is 81.5 cm³/mol. The lowest BCUT2D eigenvalue weighted by Gasteiger charge is -2.35. The van der Waals surface area contributed by atoms with Crippen molar-refractivity contribution in [1.29, 1.82) is 0 Å². The van der Waals surface area contributed by atoms with Gasteiger partial charge in [0.2, 0.25) is 5.91 Å². The maximum atomic E-state index is 12.0. The molecule has 20 heavy (non-hydrogen) atoms. The number of carbonyl (C=O) groups excluding carboxylic acids is 1. The molecule has 0 aliphatic carbocycles. The summed E-state index contributed by atoms with van der Waals surface area (Å²) in [6, 6.07) is -0.0402. The van der Waals surface area contributed by atoms with Crippen molar-refractivity contribution in [2.45, 2.75) is 46.2 Å².